The standard InChI is InChI=1S/C19H18F4N2O3/c1-11(2)16(26)9-14-8-13(5-6-24-14)18(27)25-10-12-3-4-17(15(20)7-12)28-19(21,22)23/h3-8,11H,9-10H2,1-2H3,(H,25,27). The number of hydrogen-bond donors (Lipinski definition) is 1. The van der Waals surface area contributed by atoms with Crippen molar-refractivity contribution in [1.82, 2.24) is 10.3 Å². The maximum Gasteiger partial charge on any atom is 0.573 e. The fourth-order valence-electron chi connectivity index (χ4n) is 2.24. The molecular weight excluding hydrogens is 380 g/mol. The van der Waals surface area contributed by atoms with Crippen molar-refractivity contribution in [1.29, 1.82) is 0 Å². The van der Waals surface area contributed by atoms with E-state index in [1.807, 2.05) is 0 Å². The molecule has 0 bridgehead atoms. The molecule has 28 heavy (non-hydrogen) atoms. The van der Waals surface area contributed by atoms with Gasteiger partial charge in [0.25, 0.3) is 5.91 Å². The molecule has 1 aromatic heterocycles. The highest BCUT2D eigenvalue weighted by Gasteiger charge is 2.32. The van der Waals surface area contributed by atoms with E-state index in [1.165, 1.54) is 24.4 Å². The van der Waals surface area contributed by atoms with E-state index in [9.17, 15) is 27.2 Å². The highest BCUT2D eigenvalue weighted by molar-refractivity contribution is 5.94. The van der Waals surface area contributed by atoms with Gasteiger partial charge in [-0.25, -0.2) is 4.39 Å². The lowest BCUT2D eigenvalue weighted by atomic mass is 10.0. The van der Waals surface area contributed by atoms with Gasteiger partial charge >= 0.3 is 6.36 Å². The highest BCUT2D eigenvalue weighted by Crippen LogP contribution is 2.26. The van der Waals surface area contributed by atoms with E-state index >= 15 is 0 Å². The average molecular weight is 398 g/mol. The van der Waals surface area contributed by atoms with Gasteiger partial charge in [0, 0.05) is 36.3 Å². The van der Waals surface area contributed by atoms with E-state index in [1.54, 1.807) is 13.8 Å². The van der Waals surface area contributed by atoms with Gasteiger partial charge in [-0.05, 0) is 29.8 Å². The molecule has 150 valence electrons. The molecule has 0 aliphatic heterocycles. The van der Waals surface area contributed by atoms with Crippen LogP contribution in [0, 0.1) is 11.7 Å². The van der Waals surface area contributed by atoms with Gasteiger partial charge in [-0.1, -0.05) is 19.9 Å². The normalized spacial score (nSPS) is 11.4. The van der Waals surface area contributed by atoms with E-state index in [4.69, 9.17) is 0 Å². The lowest BCUT2D eigenvalue weighted by molar-refractivity contribution is -0.275. The Morgan fingerprint density at radius 2 is 1.89 bits per heavy atom. The number of carbonyl (C=O) groups excluding carboxylic acids is 2. The van der Waals surface area contributed by atoms with Crippen LogP contribution in [0.4, 0.5) is 17.6 Å². The monoisotopic (exact) mass is 398 g/mol. The Balaban J connectivity index is 2.00. The lowest BCUT2D eigenvalue weighted by Crippen LogP contribution is -2.23. The number of ether oxygens (including phenoxy) is 1. The molecule has 0 saturated carbocycles. The van der Waals surface area contributed by atoms with E-state index in [2.05, 4.69) is 15.0 Å². The Morgan fingerprint density at radius 3 is 2.50 bits per heavy atom. The van der Waals surface area contributed by atoms with Crippen LogP contribution in [-0.4, -0.2) is 23.0 Å². The molecule has 5 nitrogen and oxygen atoms in total. The fourth-order valence-corrected chi connectivity index (χ4v) is 2.24. The summed E-state index contributed by atoms with van der Waals surface area (Å²) in [5, 5.41) is 2.53. The van der Waals surface area contributed by atoms with Gasteiger partial charge in [0.2, 0.25) is 0 Å². The van der Waals surface area contributed by atoms with Crippen LogP contribution in [0.1, 0.15) is 35.5 Å². The molecule has 1 amide bonds. The summed E-state index contributed by atoms with van der Waals surface area (Å²) in [6.45, 7) is 3.43. The van der Waals surface area contributed by atoms with Gasteiger partial charge in [-0.15, -0.1) is 13.2 Å². The SMILES string of the molecule is CC(C)C(=O)Cc1cc(C(=O)NCc2ccc(OC(F)(F)F)c(F)c2)ccn1. The first kappa shape index (κ1) is 21.3. The predicted octanol–water partition coefficient (Wildman–Crippen LogP) is 3.82. The molecule has 2 aromatic rings. The molecule has 0 unspecified atom stereocenters. The van der Waals surface area contributed by atoms with Crippen LogP contribution < -0.4 is 10.1 Å². The first-order valence-electron chi connectivity index (χ1n) is 8.35. The summed E-state index contributed by atoms with van der Waals surface area (Å²) in [5.41, 5.74) is 0.967. The number of ketones is 1. The second-order valence-electron chi connectivity index (χ2n) is 6.33. The summed E-state index contributed by atoms with van der Waals surface area (Å²) >= 11 is 0. The van der Waals surface area contributed by atoms with Crippen LogP contribution in [-0.2, 0) is 17.8 Å². The molecule has 0 atom stereocenters. The second kappa shape index (κ2) is 8.81. The molecule has 1 heterocycles. The van der Waals surface area contributed by atoms with Crippen LogP contribution in [0.15, 0.2) is 36.5 Å². The molecule has 1 aromatic carbocycles. The number of hydrogen-bond acceptors (Lipinski definition) is 4. The van der Waals surface area contributed by atoms with Crippen molar-refractivity contribution < 1.29 is 31.9 Å². The summed E-state index contributed by atoms with van der Waals surface area (Å²) < 4.78 is 53.7. The molecule has 0 aliphatic rings. The van der Waals surface area contributed by atoms with Crippen molar-refractivity contribution in [2.75, 3.05) is 0 Å². The number of carbonyl (C=O) groups is 2. The molecule has 0 spiro atoms. The number of pyridine rings is 1. The van der Waals surface area contributed by atoms with Gasteiger partial charge in [-0.3, -0.25) is 14.6 Å². The van der Waals surface area contributed by atoms with E-state index in [0.29, 0.717) is 5.69 Å². The summed E-state index contributed by atoms with van der Waals surface area (Å²) in [5.74, 6) is -2.80. The van der Waals surface area contributed by atoms with Crippen LogP contribution in [0.2, 0.25) is 0 Å². The quantitative estimate of drug-likeness (QED) is 0.720. The van der Waals surface area contributed by atoms with Crippen molar-refractivity contribution in [3.63, 3.8) is 0 Å². The van der Waals surface area contributed by atoms with Crippen molar-refractivity contribution in [2.45, 2.75) is 33.2 Å². The largest absolute Gasteiger partial charge is 0.573 e. The maximum absolute atomic E-state index is 13.7. The van der Waals surface area contributed by atoms with Crippen LogP contribution in [0.25, 0.3) is 0 Å². The average Bonchev–Trinajstić information content (AvgIpc) is 2.61. The van der Waals surface area contributed by atoms with Gasteiger partial charge in [0.05, 0.1) is 0 Å². The number of Topliss-reactive ketones (excluding diaryl/α,β-unsaturated/α-hetero) is 1. The molecule has 1 N–H and O–H groups in total. The Hall–Kier alpha value is -2.97. The minimum Gasteiger partial charge on any atom is -0.403 e. The lowest BCUT2D eigenvalue weighted by Gasteiger charge is -2.11. The third kappa shape index (κ3) is 6.33. The number of aromatic nitrogens is 1. The topological polar surface area (TPSA) is 68.3 Å². The van der Waals surface area contributed by atoms with Crippen molar-refractivity contribution in [3.05, 3.63) is 59.2 Å². The number of rotatable bonds is 7. The summed E-state index contributed by atoms with van der Waals surface area (Å²) in [4.78, 5) is 28.1. The molecule has 2 rings (SSSR count). The number of nitrogens with one attached hydrogen (secondary N) is 1. The Labute approximate surface area is 158 Å². The van der Waals surface area contributed by atoms with Gasteiger partial charge in [0.15, 0.2) is 11.6 Å². The zero-order valence-electron chi connectivity index (χ0n) is 15.1. The molecular formula is C19H18F4N2O3. The zero-order valence-corrected chi connectivity index (χ0v) is 15.1. The van der Waals surface area contributed by atoms with E-state index < -0.39 is 23.8 Å². The predicted molar refractivity (Wildman–Crippen MR) is 92.0 cm³/mol. The van der Waals surface area contributed by atoms with Gasteiger partial charge in [-0.2, -0.15) is 0 Å². The Kier molecular flexibility index (Phi) is 6.71. The first-order valence-corrected chi connectivity index (χ1v) is 8.35. The minimum atomic E-state index is -4.99. The van der Waals surface area contributed by atoms with Gasteiger partial charge in [0.1, 0.15) is 5.78 Å². The van der Waals surface area contributed by atoms with Crippen LogP contribution in [0.5, 0.6) is 5.75 Å². The van der Waals surface area contributed by atoms with E-state index in [0.717, 1.165) is 12.1 Å². The maximum atomic E-state index is 13.7. The number of amides is 1. The van der Waals surface area contributed by atoms with Crippen molar-refractivity contribution >= 4 is 11.7 Å². The van der Waals surface area contributed by atoms with Crippen LogP contribution in [0.3, 0.4) is 0 Å². The van der Waals surface area contributed by atoms with E-state index in [-0.39, 0.29) is 35.8 Å². The third-order valence-electron chi connectivity index (χ3n) is 3.75. The van der Waals surface area contributed by atoms with Crippen molar-refractivity contribution in [2.24, 2.45) is 5.92 Å². The van der Waals surface area contributed by atoms with Gasteiger partial charge < -0.3 is 10.1 Å². The summed E-state index contributed by atoms with van der Waals surface area (Å²) in [6.07, 6.45) is -3.49. The molecule has 0 aliphatic carbocycles. The summed E-state index contributed by atoms with van der Waals surface area (Å²) in [6, 6.07) is 5.84. The first-order chi connectivity index (χ1) is 13.0. The minimum absolute atomic E-state index is 0.0123. The fraction of sp³-hybridized carbons (Fsp3) is 0.316. The highest BCUT2D eigenvalue weighted by atomic mass is 19.4. The van der Waals surface area contributed by atoms with Crippen LogP contribution >= 0.6 is 0 Å². The van der Waals surface area contributed by atoms with Crippen molar-refractivity contribution in [3.8, 4) is 5.75 Å². The Bertz CT molecular complexity index is 866. The smallest absolute Gasteiger partial charge is 0.403 e. The number of alkyl halides is 3. The molecule has 9 heteroatoms. The molecule has 0 saturated heterocycles. The third-order valence-corrected chi connectivity index (χ3v) is 3.75. The number of nitrogens with zero attached hydrogens (tertiary/aromatic N) is 1. The number of benzene rings is 1. The second-order valence-corrected chi connectivity index (χ2v) is 6.33. The number of halogens is 4. The zero-order chi connectivity index (χ0) is 20.9. The molecule has 0 radical (unpaired) electrons. The molecule has 0 fully saturated rings. The Morgan fingerprint density at radius 1 is 1.18 bits per heavy atom. The summed E-state index contributed by atoms with van der Waals surface area (Å²) in [7, 11) is 0.